The molecule has 2 aromatic heterocycles. The molecule has 0 fully saturated rings. The van der Waals surface area contributed by atoms with Crippen molar-refractivity contribution in [3.63, 3.8) is 0 Å². The third kappa shape index (κ3) is 2.55. The van der Waals surface area contributed by atoms with E-state index in [-0.39, 0.29) is 5.92 Å². The Bertz CT molecular complexity index is 863. The molecular formula is C19H22N4O. The van der Waals surface area contributed by atoms with Gasteiger partial charge in [-0.2, -0.15) is 0 Å². The van der Waals surface area contributed by atoms with Gasteiger partial charge in [0.15, 0.2) is 5.78 Å². The van der Waals surface area contributed by atoms with Crippen molar-refractivity contribution >= 4 is 16.7 Å². The molecule has 0 saturated carbocycles. The fourth-order valence-electron chi connectivity index (χ4n) is 3.78. The van der Waals surface area contributed by atoms with Gasteiger partial charge in [-0.3, -0.25) is 4.79 Å². The molecule has 0 saturated heterocycles. The Labute approximate surface area is 141 Å². The molecule has 0 spiro atoms. The first-order valence-corrected chi connectivity index (χ1v) is 8.54. The monoisotopic (exact) mass is 322 g/mol. The molecule has 0 bridgehead atoms. The molecule has 2 N–H and O–H groups in total. The number of aromatic amines is 1. The van der Waals surface area contributed by atoms with E-state index in [0.29, 0.717) is 5.78 Å². The molecule has 4 rings (SSSR count). The van der Waals surface area contributed by atoms with Crippen LogP contribution in [0.1, 0.15) is 28.2 Å². The fraction of sp³-hybridized carbons (Fsp3) is 0.368. The molecule has 124 valence electrons. The minimum Gasteiger partial charge on any atom is -0.348 e. The summed E-state index contributed by atoms with van der Waals surface area (Å²) in [7, 11) is 2.07. The molecule has 0 aliphatic heterocycles. The molecule has 24 heavy (non-hydrogen) atoms. The van der Waals surface area contributed by atoms with Crippen LogP contribution in [0.4, 0.5) is 0 Å². The van der Waals surface area contributed by atoms with Crippen molar-refractivity contribution in [2.75, 3.05) is 13.1 Å². The number of benzene rings is 1. The lowest BCUT2D eigenvalue weighted by molar-refractivity contribution is 0.0901. The summed E-state index contributed by atoms with van der Waals surface area (Å²) >= 11 is 0. The van der Waals surface area contributed by atoms with Crippen molar-refractivity contribution in [1.82, 2.24) is 19.9 Å². The predicted octanol–water partition coefficient (Wildman–Crippen LogP) is 2.48. The number of aromatic nitrogens is 3. The Morgan fingerprint density at radius 2 is 2.25 bits per heavy atom. The normalized spacial score (nSPS) is 17.4. The van der Waals surface area contributed by atoms with Crippen molar-refractivity contribution in [1.29, 1.82) is 0 Å². The van der Waals surface area contributed by atoms with Gasteiger partial charge in [0, 0.05) is 66.5 Å². The second kappa shape index (κ2) is 6.24. The van der Waals surface area contributed by atoms with Gasteiger partial charge in [0.1, 0.15) is 0 Å². The van der Waals surface area contributed by atoms with Crippen LogP contribution in [-0.4, -0.2) is 33.4 Å². The number of carbonyl (C=O) groups excluding carboxylic acids is 1. The Morgan fingerprint density at radius 3 is 3.08 bits per heavy atom. The highest BCUT2D eigenvalue weighted by molar-refractivity contribution is 6.11. The van der Waals surface area contributed by atoms with E-state index in [9.17, 15) is 4.79 Å². The maximum Gasteiger partial charge on any atom is 0.169 e. The van der Waals surface area contributed by atoms with Gasteiger partial charge >= 0.3 is 0 Å². The number of Topliss-reactive ketones (excluding diaryl/α,β-unsaturated/α-hetero) is 1. The summed E-state index contributed by atoms with van der Waals surface area (Å²) in [6.45, 7) is 1.60. The first kappa shape index (κ1) is 15.1. The quantitative estimate of drug-likeness (QED) is 0.709. The number of fused-ring (bicyclic) bond motifs is 3. The van der Waals surface area contributed by atoms with E-state index in [0.717, 1.165) is 54.5 Å². The van der Waals surface area contributed by atoms with E-state index in [1.807, 2.05) is 18.3 Å². The zero-order valence-electron chi connectivity index (χ0n) is 13.9. The molecule has 0 radical (unpaired) electrons. The number of hydrogen-bond acceptors (Lipinski definition) is 3. The third-order valence-corrected chi connectivity index (χ3v) is 5.09. The number of carbonyl (C=O) groups is 1. The summed E-state index contributed by atoms with van der Waals surface area (Å²) in [5, 5.41) is 4.53. The van der Waals surface area contributed by atoms with Gasteiger partial charge in [-0.1, -0.05) is 18.2 Å². The number of nitrogens with one attached hydrogen (secondary N) is 2. The Morgan fingerprint density at radius 1 is 1.38 bits per heavy atom. The topological polar surface area (TPSA) is 62.7 Å². The highest BCUT2D eigenvalue weighted by Crippen LogP contribution is 2.33. The van der Waals surface area contributed by atoms with Gasteiger partial charge in [-0.15, -0.1) is 0 Å². The van der Waals surface area contributed by atoms with Crippen molar-refractivity contribution in [3.8, 4) is 0 Å². The molecule has 0 amide bonds. The van der Waals surface area contributed by atoms with E-state index in [4.69, 9.17) is 0 Å². The highest BCUT2D eigenvalue weighted by atomic mass is 16.1. The number of para-hydroxylation sites is 1. The van der Waals surface area contributed by atoms with Crippen LogP contribution in [0.3, 0.4) is 0 Å². The Kier molecular flexibility index (Phi) is 3.94. The molecule has 1 atom stereocenters. The third-order valence-electron chi connectivity index (χ3n) is 5.09. The van der Waals surface area contributed by atoms with E-state index < -0.39 is 0 Å². The van der Waals surface area contributed by atoms with Crippen LogP contribution in [0.15, 0.2) is 36.8 Å². The zero-order chi connectivity index (χ0) is 16.5. The van der Waals surface area contributed by atoms with Crippen LogP contribution in [0.25, 0.3) is 10.9 Å². The minimum atomic E-state index is 0.0741. The largest absolute Gasteiger partial charge is 0.348 e. The average Bonchev–Trinajstić information content (AvgIpc) is 3.21. The summed E-state index contributed by atoms with van der Waals surface area (Å²) < 4.78 is 2.18. The summed E-state index contributed by atoms with van der Waals surface area (Å²) in [4.78, 5) is 20.1. The zero-order valence-corrected chi connectivity index (χ0v) is 13.9. The lowest BCUT2D eigenvalue weighted by Crippen LogP contribution is -2.33. The number of nitrogens with zero attached hydrogens (tertiary/aromatic N) is 2. The highest BCUT2D eigenvalue weighted by Gasteiger charge is 2.31. The van der Waals surface area contributed by atoms with Gasteiger partial charge in [0.05, 0.1) is 6.33 Å². The number of imidazole rings is 1. The molecule has 1 aliphatic carbocycles. The van der Waals surface area contributed by atoms with Crippen LogP contribution in [0.5, 0.6) is 0 Å². The summed E-state index contributed by atoms with van der Waals surface area (Å²) in [5.74, 6) is 0.368. The Balaban J connectivity index is 1.47. The van der Waals surface area contributed by atoms with Gasteiger partial charge in [-0.05, 0) is 18.9 Å². The maximum absolute atomic E-state index is 13.0. The van der Waals surface area contributed by atoms with Crippen LogP contribution < -0.4 is 5.32 Å². The number of rotatable bonds is 5. The maximum atomic E-state index is 13.0. The van der Waals surface area contributed by atoms with E-state index >= 15 is 0 Å². The minimum absolute atomic E-state index is 0.0741. The van der Waals surface area contributed by atoms with Gasteiger partial charge in [-0.25, -0.2) is 4.98 Å². The van der Waals surface area contributed by atoms with E-state index in [1.165, 1.54) is 5.69 Å². The predicted molar refractivity (Wildman–Crippen MR) is 94.2 cm³/mol. The number of hydrogen-bond donors (Lipinski definition) is 2. The van der Waals surface area contributed by atoms with E-state index in [1.54, 1.807) is 6.33 Å². The van der Waals surface area contributed by atoms with Crippen LogP contribution in [-0.2, 0) is 19.9 Å². The molecule has 1 aromatic carbocycles. The first-order chi connectivity index (χ1) is 11.8. The Hall–Kier alpha value is -2.40. The van der Waals surface area contributed by atoms with Crippen LogP contribution in [0, 0.1) is 5.92 Å². The van der Waals surface area contributed by atoms with Crippen molar-refractivity contribution < 1.29 is 4.79 Å². The second-order valence-corrected chi connectivity index (χ2v) is 6.53. The van der Waals surface area contributed by atoms with Gasteiger partial charge < -0.3 is 14.9 Å². The number of H-pyrrole nitrogens is 1. The summed E-state index contributed by atoms with van der Waals surface area (Å²) in [6.07, 6.45) is 6.34. The SMILES string of the molecule is Cn1c2c(c3ccccc31)C(=O)C(CNCCc1cnc[nH]1)CC2. The number of aryl methyl sites for hydroxylation is 1. The molecule has 1 unspecified atom stereocenters. The average molecular weight is 322 g/mol. The molecule has 1 aliphatic rings. The number of ketones is 1. The summed E-state index contributed by atoms with van der Waals surface area (Å²) in [6, 6.07) is 8.22. The van der Waals surface area contributed by atoms with Crippen molar-refractivity contribution in [2.24, 2.45) is 13.0 Å². The van der Waals surface area contributed by atoms with Crippen LogP contribution in [0.2, 0.25) is 0 Å². The van der Waals surface area contributed by atoms with Crippen molar-refractivity contribution in [2.45, 2.75) is 19.3 Å². The molecule has 5 nitrogen and oxygen atoms in total. The van der Waals surface area contributed by atoms with E-state index in [2.05, 4.69) is 39.0 Å². The molecule has 2 heterocycles. The van der Waals surface area contributed by atoms with Gasteiger partial charge in [0.25, 0.3) is 0 Å². The lowest BCUT2D eigenvalue weighted by atomic mass is 9.85. The van der Waals surface area contributed by atoms with Crippen molar-refractivity contribution in [3.05, 3.63) is 53.7 Å². The summed E-state index contributed by atoms with van der Waals surface area (Å²) in [5.41, 5.74) is 4.41. The molecule has 3 aromatic rings. The smallest absolute Gasteiger partial charge is 0.169 e. The second-order valence-electron chi connectivity index (χ2n) is 6.53. The molecular weight excluding hydrogens is 300 g/mol. The molecule has 5 heteroatoms. The first-order valence-electron chi connectivity index (χ1n) is 8.54. The van der Waals surface area contributed by atoms with Gasteiger partial charge in [0.2, 0.25) is 0 Å². The standard InChI is InChI=1S/C19H22N4O/c1-23-16-5-3-2-4-15(16)18-17(23)7-6-13(19(18)24)10-20-9-8-14-11-21-12-22-14/h2-5,11-13,20H,6-10H2,1H3,(H,21,22). The lowest BCUT2D eigenvalue weighted by Gasteiger charge is -2.22. The van der Waals surface area contributed by atoms with Crippen LogP contribution >= 0.6 is 0 Å². The fourth-order valence-corrected chi connectivity index (χ4v) is 3.78.